The van der Waals surface area contributed by atoms with Gasteiger partial charge in [0.1, 0.15) is 0 Å². The highest BCUT2D eigenvalue weighted by Gasteiger charge is 2.30. The van der Waals surface area contributed by atoms with Crippen LogP contribution in [0.15, 0.2) is 57.9 Å². The van der Waals surface area contributed by atoms with Crippen LogP contribution in [0.4, 0.5) is 0 Å². The number of halogens is 1. The Morgan fingerprint density at radius 3 is 2.23 bits per heavy atom. The number of benzene rings is 2. The molecule has 0 aliphatic carbocycles. The first-order valence-corrected chi connectivity index (χ1v) is 11.7. The van der Waals surface area contributed by atoms with Gasteiger partial charge < -0.3 is 4.52 Å². The van der Waals surface area contributed by atoms with Crippen LogP contribution in [0.2, 0.25) is 5.02 Å². The Bertz CT molecular complexity index is 1080. The van der Waals surface area contributed by atoms with E-state index < -0.39 is 10.0 Å². The molecule has 0 saturated heterocycles. The standard InChI is InChI=1S/C22H26ClN3O3S/c1-5-16(4)26(30(27,28)20-12-8-17(9-13-20)15(2)3)14-21-24-22(25-29-21)18-6-10-19(23)11-7-18/h6-13,15-16H,5,14H2,1-4H3. The molecule has 160 valence electrons. The van der Waals surface area contributed by atoms with Gasteiger partial charge in [-0.15, -0.1) is 0 Å². The summed E-state index contributed by atoms with van der Waals surface area (Å²) in [6.07, 6.45) is 0.654. The molecule has 0 aliphatic heterocycles. The third kappa shape index (κ3) is 4.91. The summed E-state index contributed by atoms with van der Waals surface area (Å²) in [4.78, 5) is 4.64. The van der Waals surface area contributed by atoms with Gasteiger partial charge in [0.15, 0.2) is 0 Å². The molecule has 6 nitrogen and oxygen atoms in total. The molecule has 3 rings (SSSR count). The molecule has 1 heterocycles. The molecule has 1 aromatic heterocycles. The highest BCUT2D eigenvalue weighted by Crippen LogP contribution is 2.25. The molecule has 8 heteroatoms. The molecule has 0 N–H and O–H groups in total. The summed E-state index contributed by atoms with van der Waals surface area (Å²) in [5.74, 6) is 0.962. The van der Waals surface area contributed by atoms with Crippen molar-refractivity contribution in [3.8, 4) is 11.4 Å². The second kappa shape index (κ2) is 9.29. The van der Waals surface area contributed by atoms with Gasteiger partial charge in [-0.25, -0.2) is 8.42 Å². The highest BCUT2D eigenvalue weighted by molar-refractivity contribution is 7.89. The van der Waals surface area contributed by atoms with Crippen LogP contribution in [0.5, 0.6) is 0 Å². The molecule has 30 heavy (non-hydrogen) atoms. The minimum absolute atomic E-state index is 0.00383. The van der Waals surface area contributed by atoms with Crippen molar-refractivity contribution in [2.45, 2.75) is 57.5 Å². The first kappa shape index (κ1) is 22.5. The Labute approximate surface area is 182 Å². The molecule has 1 atom stereocenters. The van der Waals surface area contributed by atoms with Crippen molar-refractivity contribution in [1.82, 2.24) is 14.4 Å². The van der Waals surface area contributed by atoms with E-state index in [1.54, 1.807) is 36.4 Å². The van der Waals surface area contributed by atoms with E-state index in [0.29, 0.717) is 23.2 Å². The number of hydrogen-bond acceptors (Lipinski definition) is 5. The van der Waals surface area contributed by atoms with Crippen LogP contribution in [0, 0.1) is 0 Å². The van der Waals surface area contributed by atoms with E-state index in [1.165, 1.54) is 4.31 Å². The molecule has 0 bridgehead atoms. The van der Waals surface area contributed by atoms with Gasteiger partial charge in [0.25, 0.3) is 0 Å². The Morgan fingerprint density at radius 1 is 1.03 bits per heavy atom. The fourth-order valence-corrected chi connectivity index (χ4v) is 4.79. The van der Waals surface area contributed by atoms with Crippen molar-refractivity contribution >= 4 is 21.6 Å². The summed E-state index contributed by atoms with van der Waals surface area (Å²) in [6, 6.07) is 13.9. The topological polar surface area (TPSA) is 76.3 Å². The average Bonchev–Trinajstić information content (AvgIpc) is 3.20. The van der Waals surface area contributed by atoms with Crippen molar-refractivity contribution in [3.05, 3.63) is 65.0 Å². The third-order valence-electron chi connectivity index (χ3n) is 5.10. The van der Waals surface area contributed by atoms with E-state index in [4.69, 9.17) is 16.1 Å². The van der Waals surface area contributed by atoms with E-state index in [1.807, 2.05) is 26.0 Å². The van der Waals surface area contributed by atoms with E-state index in [2.05, 4.69) is 24.0 Å². The van der Waals surface area contributed by atoms with E-state index in [9.17, 15) is 8.42 Å². The van der Waals surface area contributed by atoms with Gasteiger partial charge in [-0.1, -0.05) is 49.7 Å². The number of rotatable bonds is 8. The maximum atomic E-state index is 13.4. The van der Waals surface area contributed by atoms with E-state index >= 15 is 0 Å². The van der Waals surface area contributed by atoms with Gasteiger partial charge in [0, 0.05) is 16.6 Å². The maximum Gasteiger partial charge on any atom is 0.243 e. The third-order valence-corrected chi connectivity index (χ3v) is 7.32. The SMILES string of the molecule is CCC(C)N(Cc1nc(-c2ccc(Cl)cc2)no1)S(=O)(=O)c1ccc(C(C)C)cc1. The summed E-state index contributed by atoms with van der Waals surface area (Å²) in [5, 5.41) is 4.60. The van der Waals surface area contributed by atoms with Crippen LogP contribution in [0.3, 0.4) is 0 Å². The second-order valence-electron chi connectivity index (χ2n) is 7.55. The quantitative estimate of drug-likeness (QED) is 0.455. The van der Waals surface area contributed by atoms with Gasteiger partial charge in [-0.2, -0.15) is 9.29 Å². The Morgan fingerprint density at radius 2 is 1.67 bits per heavy atom. The molecule has 0 radical (unpaired) electrons. The minimum atomic E-state index is -3.73. The van der Waals surface area contributed by atoms with Crippen molar-refractivity contribution in [1.29, 1.82) is 0 Å². The number of hydrogen-bond donors (Lipinski definition) is 0. The number of nitrogens with zero attached hydrogens (tertiary/aromatic N) is 3. The molecule has 3 aromatic rings. The van der Waals surface area contributed by atoms with Gasteiger partial charge in [0.2, 0.25) is 21.7 Å². The molecule has 2 aromatic carbocycles. The Hall–Kier alpha value is -2.22. The summed E-state index contributed by atoms with van der Waals surface area (Å²) in [7, 11) is -3.73. The predicted molar refractivity (Wildman–Crippen MR) is 118 cm³/mol. The first-order valence-electron chi connectivity index (χ1n) is 9.92. The Balaban J connectivity index is 1.88. The zero-order valence-corrected chi connectivity index (χ0v) is 19.1. The molecule has 0 spiro atoms. The Kier molecular flexibility index (Phi) is 6.95. The summed E-state index contributed by atoms with van der Waals surface area (Å²) >= 11 is 5.92. The lowest BCUT2D eigenvalue weighted by molar-refractivity contribution is 0.273. The zero-order chi connectivity index (χ0) is 21.9. The molecule has 0 saturated carbocycles. The first-order chi connectivity index (χ1) is 14.2. The largest absolute Gasteiger partial charge is 0.338 e. The molecule has 1 unspecified atom stereocenters. The normalized spacial score (nSPS) is 13.2. The van der Waals surface area contributed by atoms with E-state index in [0.717, 1.165) is 11.1 Å². The molecular weight excluding hydrogens is 422 g/mol. The molecule has 0 fully saturated rings. The average molecular weight is 448 g/mol. The predicted octanol–water partition coefficient (Wildman–Crippen LogP) is 5.50. The fraction of sp³-hybridized carbons (Fsp3) is 0.364. The van der Waals surface area contributed by atoms with Crippen molar-refractivity contribution in [3.63, 3.8) is 0 Å². The minimum Gasteiger partial charge on any atom is -0.338 e. The molecule has 0 amide bonds. The van der Waals surface area contributed by atoms with Gasteiger partial charge in [-0.05, 0) is 61.2 Å². The smallest absolute Gasteiger partial charge is 0.243 e. The van der Waals surface area contributed by atoms with Crippen LogP contribution in [-0.2, 0) is 16.6 Å². The monoisotopic (exact) mass is 447 g/mol. The maximum absolute atomic E-state index is 13.4. The van der Waals surface area contributed by atoms with Crippen LogP contribution in [0.25, 0.3) is 11.4 Å². The second-order valence-corrected chi connectivity index (χ2v) is 9.88. The lowest BCUT2D eigenvalue weighted by Crippen LogP contribution is -2.37. The van der Waals surface area contributed by atoms with Gasteiger partial charge in [-0.3, -0.25) is 0 Å². The number of sulfonamides is 1. The van der Waals surface area contributed by atoms with Gasteiger partial charge >= 0.3 is 0 Å². The van der Waals surface area contributed by atoms with Crippen LogP contribution < -0.4 is 0 Å². The lowest BCUT2D eigenvalue weighted by atomic mass is 10.0. The fourth-order valence-electron chi connectivity index (χ4n) is 3.01. The van der Waals surface area contributed by atoms with E-state index in [-0.39, 0.29) is 23.4 Å². The summed E-state index contributed by atoms with van der Waals surface area (Å²) in [5.41, 5.74) is 1.84. The molecule has 0 aliphatic rings. The summed E-state index contributed by atoms with van der Waals surface area (Å²) < 4.78 is 33.5. The lowest BCUT2D eigenvalue weighted by Gasteiger charge is -2.26. The van der Waals surface area contributed by atoms with Crippen LogP contribution >= 0.6 is 11.6 Å². The molecular formula is C22H26ClN3O3S. The van der Waals surface area contributed by atoms with Gasteiger partial charge in [0.05, 0.1) is 11.4 Å². The number of aromatic nitrogens is 2. The zero-order valence-electron chi connectivity index (χ0n) is 17.5. The van der Waals surface area contributed by atoms with Crippen LogP contribution in [0.1, 0.15) is 51.5 Å². The summed E-state index contributed by atoms with van der Waals surface area (Å²) in [6.45, 7) is 7.97. The van der Waals surface area contributed by atoms with Crippen LogP contribution in [-0.4, -0.2) is 28.9 Å². The highest BCUT2D eigenvalue weighted by atomic mass is 35.5. The van der Waals surface area contributed by atoms with Crippen molar-refractivity contribution in [2.75, 3.05) is 0 Å². The van der Waals surface area contributed by atoms with Crippen molar-refractivity contribution in [2.24, 2.45) is 0 Å². The van der Waals surface area contributed by atoms with Crippen molar-refractivity contribution < 1.29 is 12.9 Å².